The summed E-state index contributed by atoms with van der Waals surface area (Å²) in [6.45, 7) is 6.58. The molecule has 1 aromatic carbocycles. The lowest BCUT2D eigenvalue weighted by Gasteiger charge is -2.28. The Morgan fingerprint density at radius 1 is 1.37 bits per heavy atom. The molecule has 2 aliphatic carbocycles. The zero-order valence-corrected chi connectivity index (χ0v) is 18.5. The number of nitrogens with zero attached hydrogens (tertiary/aromatic N) is 3. The Morgan fingerprint density at radius 3 is 2.90 bits per heavy atom. The number of hydrogen-bond donors (Lipinski definition) is 1. The van der Waals surface area contributed by atoms with Gasteiger partial charge >= 0.3 is 0 Å². The maximum Gasteiger partial charge on any atom is 0.230 e. The number of carbonyl (C=O) groups excluding carboxylic acids is 1. The maximum atomic E-state index is 12.6. The maximum absolute atomic E-state index is 12.6. The number of ether oxygens (including phenoxy) is 1. The number of thioether (sulfide) groups is 1. The predicted molar refractivity (Wildman–Crippen MR) is 119 cm³/mol. The molecule has 160 valence electrons. The Bertz CT molecular complexity index is 912. The average Bonchev–Trinajstić information content (AvgIpc) is 3.48. The first-order valence-electron chi connectivity index (χ1n) is 10.7. The van der Waals surface area contributed by atoms with Crippen LogP contribution < -0.4 is 10.1 Å². The van der Waals surface area contributed by atoms with Gasteiger partial charge in [-0.15, -0.1) is 16.8 Å². The first-order chi connectivity index (χ1) is 14.6. The summed E-state index contributed by atoms with van der Waals surface area (Å²) in [6.07, 6.45) is 7.15. The summed E-state index contributed by atoms with van der Waals surface area (Å²) >= 11 is 1.41. The summed E-state index contributed by atoms with van der Waals surface area (Å²) in [5.74, 6) is 4.17. The molecule has 0 aliphatic heterocycles. The summed E-state index contributed by atoms with van der Waals surface area (Å²) in [7, 11) is 1.64. The molecule has 7 heteroatoms. The molecule has 1 aromatic heterocycles. The van der Waals surface area contributed by atoms with Crippen molar-refractivity contribution >= 4 is 17.7 Å². The van der Waals surface area contributed by atoms with E-state index in [1.165, 1.54) is 37.4 Å². The normalized spacial score (nSPS) is 23.3. The fourth-order valence-corrected chi connectivity index (χ4v) is 5.92. The smallest absolute Gasteiger partial charge is 0.230 e. The van der Waals surface area contributed by atoms with Crippen molar-refractivity contribution in [3.05, 3.63) is 36.9 Å². The molecule has 0 spiro atoms. The van der Waals surface area contributed by atoms with Crippen molar-refractivity contribution < 1.29 is 9.53 Å². The fourth-order valence-electron chi connectivity index (χ4n) is 5.16. The van der Waals surface area contributed by atoms with E-state index in [0.29, 0.717) is 29.2 Å². The Balaban J connectivity index is 1.41. The molecule has 4 atom stereocenters. The van der Waals surface area contributed by atoms with Crippen molar-refractivity contribution in [1.82, 2.24) is 20.1 Å². The second kappa shape index (κ2) is 9.25. The summed E-state index contributed by atoms with van der Waals surface area (Å²) in [5.41, 5.74) is 0.871. The van der Waals surface area contributed by atoms with Crippen LogP contribution in [0.15, 0.2) is 42.1 Å². The van der Waals surface area contributed by atoms with Crippen molar-refractivity contribution in [3.63, 3.8) is 0 Å². The number of hydrogen-bond acceptors (Lipinski definition) is 5. The third-order valence-electron chi connectivity index (χ3n) is 6.53. The highest BCUT2D eigenvalue weighted by Gasteiger charge is 2.42. The number of rotatable bonds is 9. The van der Waals surface area contributed by atoms with E-state index in [2.05, 4.69) is 29.0 Å². The second-order valence-corrected chi connectivity index (χ2v) is 9.33. The first kappa shape index (κ1) is 21.0. The van der Waals surface area contributed by atoms with E-state index in [1.807, 2.05) is 34.9 Å². The standard InChI is InChI=1S/C23H30N4O2S/c1-4-11-27-22(18-7-5-6-8-20(18)29-3)25-26-23(27)30-14-21(28)24-15(2)19-13-16-9-10-17(19)12-16/h4-8,15-17,19H,1,9-14H2,2-3H3,(H,24,28). The van der Waals surface area contributed by atoms with Crippen molar-refractivity contribution in [3.8, 4) is 17.1 Å². The molecule has 2 aromatic rings. The van der Waals surface area contributed by atoms with Gasteiger partial charge in [0.25, 0.3) is 0 Å². The number of allylic oxidation sites excluding steroid dienone is 1. The van der Waals surface area contributed by atoms with Gasteiger partial charge in [-0.25, -0.2) is 0 Å². The van der Waals surface area contributed by atoms with E-state index >= 15 is 0 Å². The Hall–Kier alpha value is -2.28. The molecular formula is C23H30N4O2S. The van der Waals surface area contributed by atoms with Crippen LogP contribution in [0, 0.1) is 17.8 Å². The van der Waals surface area contributed by atoms with Crippen molar-refractivity contribution in [2.24, 2.45) is 17.8 Å². The van der Waals surface area contributed by atoms with Gasteiger partial charge in [0, 0.05) is 12.6 Å². The zero-order valence-electron chi connectivity index (χ0n) is 17.7. The van der Waals surface area contributed by atoms with Gasteiger partial charge in [0.1, 0.15) is 5.75 Å². The Kier molecular flexibility index (Phi) is 6.46. The molecule has 4 unspecified atom stereocenters. The monoisotopic (exact) mass is 426 g/mol. The van der Waals surface area contributed by atoms with Crippen molar-refractivity contribution in [1.29, 1.82) is 0 Å². The molecular weight excluding hydrogens is 396 g/mol. The lowest BCUT2D eigenvalue weighted by Crippen LogP contribution is -2.40. The van der Waals surface area contributed by atoms with Crippen LogP contribution >= 0.6 is 11.8 Å². The molecule has 0 saturated heterocycles. The van der Waals surface area contributed by atoms with Gasteiger partial charge in [0.05, 0.1) is 18.4 Å². The van der Waals surface area contributed by atoms with Crippen LogP contribution in [0.3, 0.4) is 0 Å². The topological polar surface area (TPSA) is 69.0 Å². The molecule has 1 amide bonds. The Labute approximate surface area is 182 Å². The van der Waals surface area contributed by atoms with Crippen LogP contribution in [0.25, 0.3) is 11.4 Å². The molecule has 2 fully saturated rings. The summed E-state index contributed by atoms with van der Waals surface area (Å²) in [4.78, 5) is 12.6. The predicted octanol–water partition coefficient (Wildman–Crippen LogP) is 4.17. The SMILES string of the molecule is C=CCn1c(SCC(=O)NC(C)C2CC3CCC2C3)nnc1-c1ccccc1OC. The quantitative estimate of drug-likeness (QED) is 0.481. The molecule has 1 N–H and O–H groups in total. The molecule has 1 heterocycles. The highest BCUT2D eigenvalue weighted by atomic mass is 32.2. The zero-order chi connectivity index (χ0) is 21.1. The lowest BCUT2D eigenvalue weighted by atomic mass is 9.84. The number of benzene rings is 1. The number of carbonyl (C=O) groups is 1. The van der Waals surface area contributed by atoms with Gasteiger partial charge in [-0.2, -0.15) is 0 Å². The molecule has 6 nitrogen and oxygen atoms in total. The third-order valence-corrected chi connectivity index (χ3v) is 7.50. The van der Waals surface area contributed by atoms with Crippen molar-refractivity contribution in [2.75, 3.05) is 12.9 Å². The van der Waals surface area contributed by atoms with Gasteiger partial charge in [-0.05, 0) is 56.1 Å². The van der Waals surface area contributed by atoms with Gasteiger partial charge in [-0.1, -0.05) is 36.4 Å². The molecule has 0 radical (unpaired) electrons. The van der Waals surface area contributed by atoms with Crippen LogP contribution in [0.2, 0.25) is 0 Å². The summed E-state index contributed by atoms with van der Waals surface area (Å²) in [6, 6.07) is 7.97. The largest absolute Gasteiger partial charge is 0.496 e. The minimum atomic E-state index is 0.0577. The van der Waals surface area contributed by atoms with Crippen LogP contribution in [-0.2, 0) is 11.3 Å². The molecule has 4 rings (SSSR count). The summed E-state index contributed by atoms with van der Waals surface area (Å²) < 4.78 is 7.45. The highest BCUT2D eigenvalue weighted by Crippen LogP contribution is 2.49. The molecule has 2 bridgehead atoms. The van der Waals surface area contributed by atoms with E-state index in [4.69, 9.17) is 4.74 Å². The van der Waals surface area contributed by atoms with Crippen LogP contribution in [0.4, 0.5) is 0 Å². The first-order valence-corrected chi connectivity index (χ1v) is 11.7. The minimum Gasteiger partial charge on any atom is -0.496 e. The van der Waals surface area contributed by atoms with Crippen molar-refractivity contribution in [2.45, 2.75) is 50.4 Å². The number of fused-ring (bicyclic) bond motifs is 2. The number of nitrogens with one attached hydrogen (secondary N) is 1. The number of methoxy groups -OCH3 is 1. The number of aromatic nitrogens is 3. The number of amides is 1. The summed E-state index contributed by atoms with van der Waals surface area (Å²) in [5, 5.41) is 12.6. The lowest BCUT2D eigenvalue weighted by molar-refractivity contribution is -0.119. The number of para-hydroxylation sites is 1. The van der Waals surface area contributed by atoms with E-state index in [1.54, 1.807) is 7.11 Å². The van der Waals surface area contributed by atoms with E-state index in [0.717, 1.165) is 23.1 Å². The van der Waals surface area contributed by atoms with E-state index in [9.17, 15) is 4.79 Å². The third kappa shape index (κ3) is 4.26. The van der Waals surface area contributed by atoms with E-state index in [-0.39, 0.29) is 11.9 Å². The van der Waals surface area contributed by atoms with E-state index < -0.39 is 0 Å². The average molecular weight is 427 g/mol. The van der Waals surface area contributed by atoms with Crippen LogP contribution in [-0.4, -0.2) is 39.6 Å². The minimum absolute atomic E-state index is 0.0577. The van der Waals surface area contributed by atoms with Gasteiger partial charge in [-0.3, -0.25) is 9.36 Å². The second-order valence-electron chi connectivity index (χ2n) is 8.39. The fraction of sp³-hybridized carbons (Fsp3) is 0.522. The molecule has 30 heavy (non-hydrogen) atoms. The van der Waals surface area contributed by atoms with Gasteiger partial charge in [0.15, 0.2) is 11.0 Å². The highest BCUT2D eigenvalue weighted by molar-refractivity contribution is 7.99. The van der Waals surface area contributed by atoms with Gasteiger partial charge < -0.3 is 10.1 Å². The van der Waals surface area contributed by atoms with Crippen LogP contribution in [0.1, 0.15) is 32.6 Å². The van der Waals surface area contributed by atoms with Crippen LogP contribution in [0.5, 0.6) is 5.75 Å². The van der Waals surface area contributed by atoms with Gasteiger partial charge in [0.2, 0.25) is 5.91 Å². The Morgan fingerprint density at radius 2 is 2.20 bits per heavy atom. The molecule has 2 saturated carbocycles. The molecule has 2 aliphatic rings.